The minimum Gasteiger partial charge on any atom is -0.456 e. The van der Waals surface area contributed by atoms with Crippen molar-refractivity contribution in [2.45, 2.75) is 12.6 Å². The molecule has 0 saturated carbocycles. The third-order valence-corrected chi connectivity index (χ3v) is 5.42. The molecule has 158 valence electrons. The van der Waals surface area contributed by atoms with E-state index >= 15 is 0 Å². The molecular weight excluding hydrogens is 414 g/mol. The Morgan fingerprint density at radius 2 is 1.90 bits per heavy atom. The van der Waals surface area contributed by atoms with Gasteiger partial charge in [0.15, 0.2) is 0 Å². The summed E-state index contributed by atoms with van der Waals surface area (Å²) in [5.41, 5.74) is 4.25. The molecular formula is C23H22ClN5O2. The van der Waals surface area contributed by atoms with Crippen LogP contribution in [0.4, 0.5) is 11.6 Å². The number of imidazole rings is 1. The third-order valence-electron chi connectivity index (χ3n) is 5.20. The van der Waals surface area contributed by atoms with Crippen LogP contribution in [0.3, 0.4) is 0 Å². The van der Waals surface area contributed by atoms with Crippen molar-refractivity contribution in [3.8, 4) is 11.5 Å². The van der Waals surface area contributed by atoms with Gasteiger partial charge in [0.2, 0.25) is 5.95 Å². The maximum Gasteiger partial charge on any atom is 0.203 e. The fourth-order valence-electron chi connectivity index (χ4n) is 3.41. The lowest BCUT2D eigenvalue weighted by Crippen LogP contribution is -2.40. The van der Waals surface area contributed by atoms with Crippen LogP contribution in [0.1, 0.15) is 5.56 Å². The van der Waals surface area contributed by atoms with E-state index in [1.54, 1.807) is 18.3 Å². The van der Waals surface area contributed by atoms with E-state index < -0.39 is 0 Å². The average Bonchev–Trinajstić information content (AvgIpc) is 3.07. The summed E-state index contributed by atoms with van der Waals surface area (Å²) >= 11 is 5.81. The Kier molecular flexibility index (Phi) is 5.36. The minimum absolute atomic E-state index is 0.395. The van der Waals surface area contributed by atoms with E-state index in [9.17, 15) is 0 Å². The van der Waals surface area contributed by atoms with Crippen molar-refractivity contribution < 1.29 is 9.47 Å². The van der Waals surface area contributed by atoms with E-state index in [2.05, 4.69) is 32.3 Å². The first kappa shape index (κ1) is 19.7. The van der Waals surface area contributed by atoms with Gasteiger partial charge in [-0.2, -0.15) is 0 Å². The molecule has 7 nitrogen and oxygen atoms in total. The first-order chi connectivity index (χ1) is 15.1. The summed E-state index contributed by atoms with van der Waals surface area (Å²) in [5, 5.41) is 7.34. The van der Waals surface area contributed by atoms with Gasteiger partial charge in [-0.05, 0) is 48.0 Å². The number of hydrogen-bond donors (Lipinski definition) is 2. The molecule has 0 aliphatic carbocycles. The maximum absolute atomic E-state index is 5.81. The Balaban J connectivity index is 1.23. The number of nitrogens with one attached hydrogen (secondary N) is 2. The highest BCUT2D eigenvalue weighted by Gasteiger charge is 2.18. The molecule has 1 saturated heterocycles. The molecule has 2 aromatic heterocycles. The number of benzene rings is 2. The molecule has 0 bridgehead atoms. The molecule has 1 fully saturated rings. The monoisotopic (exact) mass is 435 g/mol. The van der Waals surface area contributed by atoms with E-state index in [1.807, 2.05) is 37.4 Å². The van der Waals surface area contributed by atoms with E-state index in [4.69, 9.17) is 26.1 Å². The molecule has 1 aliphatic rings. The molecule has 0 amide bonds. The van der Waals surface area contributed by atoms with Crippen molar-refractivity contribution in [1.29, 1.82) is 0 Å². The summed E-state index contributed by atoms with van der Waals surface area (Å²) in [6.07, 6.45) is 1.60. The molecule has 0 radical (unpaired) electrons. The standard InChI is InChI=1S/C23H22ClN5O2/c1-29-21-10-16(27-17-13-30-14-17)4-8-20(21)28-23(29)26-11-15-2-5-18(6-3-15)31-19-7-9-22(24)25-12-19/h2-10,12,17,27H,11,13-14H2,1H3,(H,26,28). The number of rotatable bonds is 7. The lowest BCUT2D eigenvalue weighted by atomic mass is 10.2. The van der Waals surface area contributed by atoms with Gasteiger partial charge < -0.3 is 24.7 Å². The second kappa shape index (κ2) is 8.45. The topological polar surface area (TPSA) is 73.2 Å². The van der Waals surface area contributed by atoms with Gasteiger partial charge in [-0.3, -0.25) is 0 Å². The minimum atomic E-state index is 0.395. The molecule has 31 heavy (non-hydrogen) atoms. The van der Waals surface area contributed by atoms with Gasteiger partial charge in [-0.15, -0.1) is 0 Å². The van der Waals surface area contributed by atoms with E-state index in [-0.39, 0.29) is 0 Å². The second-order valence-electron chi connectivity index (χ2n) is 7.49. The number of ether oxygens (including phenoxy) is 2. The first-order valence-corrected chi connectivity index (χ1v) is 10.4. The van der Waals surface area contributed by atoms with Gasteiger partial charge in [0.25, 0.3) is 0 Å². The van der Waals surface area contributed by atoms with Crippen molar-refractivity contribution in [1.82, 2.24) is 14.5 Å². The van der Waals surface area contributed by atoms with Crippen LogP contribution >= 0.6 is 11.6 Å². The molecule has 3 heterocycles. The number of halogens is 1. The van der Waals surface area contributed by atoms with Gasteiger partial charge in [0, 0.05) is 19.3 Å². The Hall–Kier alpha value is -3.29. The fourth-order valence-corrected chi connectivity index (χ4v) is 3.52. The Bertz CT molecular complexity index is 1190. The normalized spacial score (nSPS) is 13.7. The predicted octanol–water partition coefficient (Wildman–Crippen LogP) is 4.84. The highest BCUT2D eigenvalue weighted by molar-refractivity contribution is 6.29. The van der Waals surface area contributed by atoms with E-state index in [1.165, 1.54) is 0 Å². The number of aryl methyl sites for hydroxylation is 1. The number of anilines is 2. The Morgan fingerprint density at radius 1 is 1.10 bits per heavy atom. The highest BCUT2D eigenvalue weighted by atomic mass is 35.5. The fraction of sp³-hybridized carbons (Fsp3) is 0.217. The van der Waals surface area contributed by atoms with Crippen molar-refractivity contribution >= 4 is 34.3 Å². The van der Waals surface area contributed by atoms with Crippen molar-refractivity contribution in [2.75, 3.05) is 23.8 Å². The molecule has 0 atom stereocenters. The molecule has 4 aromatic rings. The first-order valence-electron chi connectivity index (χ1n) is 10.1. The van der Waals surface area contributed by atoms with Crippen LogP contribution in [0.25, 0.3) is 11.0 Å². The zero-order valence-corrected chi connectivity index (χ0v) is 17.8. The number of nitrogens with zero attached hydrogens (tertiary/aromatic N) is 3. The van der Waals surface area contributed by atoms with E-state index in [0.29, 0.717) is 23.5 Å². The largest absolute Gasteiger partial charge is 0.456 e. The number of hydrogen-bond acceptors (Lipinski definition) is 6. The maximum atomic E-state index is 5.81. The highest BCUT2D eigenvalue weighted by Crippen LogP contribution is 2.25. The van der Waals surface area contributed by atoms with Crippen molar-refractivity contribution in [2.24, 2.45) is 7.05 Å². The van der Waals surface area contributed by atoms with Crippen LogP contribution in [0.5, 0.6) is 11.5 Å². The third kappa shape index (κ3) is 4.42. The summed E-state index contributed by atoms with van der Waals surface area (Å²) < 4.78 is 13.1. The van der Waals surface area contributed by atoms with Crippen LogP contribution in [0.2, 0.25) is 5.15 Å². The van der Waals surface area contributed by atoms with Crippen LogP contribution < -0.4 is 15.4 Å². The lowest BCUT2D eigenvalue weighted by molar-refractivity contribution is 0.0211. The number of fused-ring (bicyclic) bond motifs is 1. The van der Waals surface area contributed by atoms with Crippen LogP contribution in [0.15, 0.2) is 60.8 Å². The number of aromatic nitrogens is 3. The van der Waals surface area contributed by atoms with Crippen LogP contribution in [-0.4, -0.2) is 33.8 Å². The molecule has 0 unspecified atom stereocenters. The van der Waals surface area contributed by atoms with Crippen molar-refractivity contribution in [3.05, 3.63) is 71.5 Å². The zero-order valence-electron chi connectivity index (χ0n) is 17.0. The molecule has 1 aliphatic heterocycles. The van der Waals surface area contributed by atoms with E-state index in [0.717, 1.165) is 47.2 Å². The van der Waals surface area contributed by atoms with Gasteiger partial charge in [0.05, 0.1) is 36.5 Å². The molecule has 8 heteroatoms. The molecule has 0 spiro atoms. The van der Waals surface area contributed by atoms with Crippen LogP contribution in [0, 0.1) is 0 Å². The van der Waals surface area contributed by atoms with Gasteiger partial charge >= 0.3 is 0 Å². The summed E-state index contributed by atoms with van der Waals surface area (Å²) in [5.74, 6) is 2.22. The predicted molar refractivity (Wildman–Crippen MR) is 122 cm³/mol. The summed E-state index contributed by atoms with van der Waals surface area (Å²) in [7, 11) is 2.02. The van der Waals surface area contributed by atoms with Crippen LogP contribution in [-0.2, 0) is 18.3 Å². The van der Waals surface area contributed by atoms with Gasteiger partial charge in [-0.25, -0.2) is 9.97 Å². The summed E-state index contributed by atoms with van der Waals surface area (Å²) in [6, 6.07) is 18.0. The zero-order chi connectivity index (χ0) is 21.2. The number of pyridine rings is 1. The molecule has 2 N–H and O–H groups in total. The quantitative estimate of drug-likeness (QED) is 0.405. The Morgan fingerprint density at radius 3 is 2.61 bits per heavy atom. The van der Waals surface area contributed by atoms with Gasteiger partial charge in [-0.1, -0.05) is 23.7 Å². The smallest absolute Gasteiger partial charge is 0.203 e. The summed E-state index contributed by atoms with van der Waals surface area (Å²) in [6.45, 7) is 2.18. The van der Waals surface area contributed by atoms with Gasteiger partial charge in [0.1, 0.15) is 16.7 Å². The second-order valence-corrected chi connectivity index (χ2v) is 7.88. The summed E-state index contributed by atoms with van der Waals surface area (Å²) in [4.78, 5) is 8.74. The molecule has 5 rings (SSSR count). The SMILES string of the molecule is Cn1c(NCc2ccc(Oc3ccc(Cl)nc3)cc2)nc2ccc(NC3COC3)cc21. The lowest BCUT2D eigenvalue weighted by Gasteiger charge is -2.27. The Labute approximate surface area is 185 Å². The molecule has 2 aromatic carbocycles. The average molecular weight is 436 g/mol. The van der Waals surface area contributed by atoms with Crippen molar-refractivity contribution in [3.63, 3.8) is 0 Å².